The Morgan fingerprint density at radius 1 is 1.20 bits per heavy atom. The van der Waals surface area contributed by atoms with E-state index in [1.54, 1.807) is 16.2 Å². The number of hydrogen-bond acceptors (Lipinski definition) is 4. The highest BCUT2D eigenvalue weighted by Gasteiger charge is 2.25. The third-order valence-corrected chi connectivity index (χ3v) is 5.59. The molecule has 0 radical (unpaired) electrons. The molecule has 25 heavy (non-hydrogen) atoms. The van der Waals surface area contributed by atoms with Gasteiger partial charge >= 0.3 is 0 Å². The summed E-state index contributed by atoms with van der Waals surface area (Å²) in [5.74, 6) is -0.0862. The molecule has 7 heteroatoms. The lowest BCUT2D eigenvalue weighted by molar-refractivity contribution is -0.135. The minimum Gasteiger partial charge on any atom is -0.338 e. The fourth-order valence-corrected chi connectivity index (χ4v) is 3.60. The van der Waals surface area contributed by atoms with Crippen LogP contribution in [0.3, 0.4) is 0 Å². The summed E-state index contributed by atoms with van der Waals surface area (Å²) in [5.41, 5.74) is 8.95. The second-order valence-electron chi connectivity index (χ2n) is 6.10. The second kappa shape index (κ2) is 10.1. The molecule has 2 aromatic rings. The summed E-state index contributed by atoms with van der Waals surface area (Å²) in [6.45, 7) is 8.35. The molecule has 1 amide bonds. The monoisotopic (exact) mass is 403 g/mol. The summed E-state index contributed by atoms with van der Waals surface area (Å²) < 4.78 is 0. The molecule has 140 valence electrons. The molecule has 0 aliphatic heterocycles. The van der Waals surface area contributed by atoms with Crippen molar-refractivity contribution in [2.24, 2.45) is 11.7 Å². The van der Waals surface area contributed by atoms with Gasteiger partial charge in [0.2, 0.25) is 5.91 Å². The molecule has 1 aromatic heterocycles. The van der Waals surface area contributed by atoms with Crippen LogP contribution in [0.4, 0.5) is 0 Å². The number of benzene rings is 1. The molecule has 4 nitrogen and oxygen atoms in total. The van der Waals surface area contributed by atoms with E-state index >= 15 is 0 Å². The molecule has 0 aliphatic carbocycles. The zero-order chi connectivity index (χ0) is 17.1. The number of amides is 1. The van der Waals surface area contributed by atoms with Crippen LogP contribution in [0.25, 0.3) is 10.6 Å². The van der Waals surface area contributed by atoms with Gasteiger partial charge in [-0.25, -0.2) is 4.98 Å². The van der Waals surface area contributed by atoms with E-state index in [-0.39, 0.29) is 42.7 Å². The van der Waals surface area contributed by atoms with Crippen LogP contribution in [0, 0.1) is 19.8 Å². The SMILES string of the molecule is Cc1ccc(-c2nc(C)c(C(C)N(C)C(=O)C(C)CN)s2)cc1.Cl.Cl. The van der Waals surface area contributed by atoms with Gasteiger partial charge in [-0.2, -0.15) is 0 Å². The van der Waals surface area contributed by atoms with Gasteiger partial charge in [-0.3, -0.25) is 4.79 Å². The summed E-state index contributed by atoms with van der Waals surface area (Å²) in [4.78, 5) is 19.9. The highest BCUT2D eigenvalue weighted by Crippen LogP contribution is 2.34. The Morgan fingerprint density at radius 2 is 1.76 bits per heavy atom. The van der Waals surface area contributed by atoms with Crippen LogP contribution < -0.4 is 5.73 Å². The van der Waals surface area contributed by atoms with Gasteiger partial charge in [-0.15, -0.1) is 36.2 Å². The van der Waals surface area contributed by atoms with Crippen molar-refractivity contribution in [1.29, 1.82) is 0 Å². The molecular formula is C18H27Cl2N3OS. The number of hydrogen-bond donors (Lipinski definition) is 1. The third-order valence-electron chi connectivity index (χ3n) is 4.21. The molecule has 0 spiro atoms. The Bertz CT molecular complexity index is 688. The number of aromatic nitrogens is 1. The summed E-state index contributed by atoms with van der Waals surface area (Å²) >= 11 is 1.66. The van der Waals surface area contributed by atoms with E-state index in [4.69, 9.17) is 10.7 Å². The second-order valence-corrected chi connectivity index (χ2v) is 7.13. The van der Waals surface area contributed by atoms with Crippen LogP contribution in [0.2, 0.25) is 0 Å². The predicted molar refractivity (Wildman–Crippen MR) is 111 cm³/mol. The highest BCUT2D eigenvalue weighted by molar-refractivity contribution is 7.15. The zero-order valence-corrected chi connectivity index (χ0v) is 17.7. The quantitative estimate of drug-likeness (QED) is 0.804. The maximum atomic E-state index is 12.3. The fraction of sp³-hybridized carbons (Fsp3) is 0.444. The van der Waals surface area contributed by atoms with Gasteiger partial charge in [0.1, 0.15) is 5.01 Å². The minimum absolute atomic E-state index is 0. The van der Waals surface area contributed by atoms with E-state index in [1.165, 1.54) is 5.56 Å². The molecule has 2 atom stereocenters. The van der Waals surface area contributed by atoms with E-state index < -0.39 is 0 Å². The van der Waals surface area contributed by atoms with Crippen molar-refractivity contribution in [3.05, 3.63) is 40.4 Å². The Labute approximate surface area is 166 Å². The van der Waals surface area contributed by atoms with Crippen LogP contribution in [-0.4, -0.2) is 29.4 Å². The minimum atomic E-state index is -0.160. The summed E-state index contributed by atoms with van der Waals surface area (Å²) in [6, 6.07) is 8.36. The predicted octanol–water partition coefficient (Wildman–Crippen LogP) is 4.38. The van der Waals surface area contributed by atoms with Crippen LogP contribution in [0.15, 0.2) is 24.3 Å². The van der Waals surface area contributed by atoms with Gasteiger partial charge in [-0.05, 0) is 20.8 Å². The van der Waals surface area contributed by atoms with E-state index in [1.807, 2.05) is 27.8 Å². The van der Waals surface area contributed by atoms with E-state index in [9.17, 15) is 4.79 Å². The first-order valence-electron chi connectivity index (χ1n) is 7.86. The average Bonchev–Trinajstić information content (AvgIpc) is 2.94. The van der Waals surface area contributed by atoms with E-state index in [0.29, 0.717) is 6.54 Å². The van der Waals surface area contributed by atoms with Crippen molar-refractivity contribution >= 4 is 42.1 Å². The van der Waals surface area contributed by atoms with Crippen molar-refractivity contribution in [1.82, 2.24) is 9.88 Å². The molecule has 1 heterocycles. The van der Waals surface area contributed by atoms with Crippen molar-refractivity contribution in [2.75, 3.05) is 13.6 Å². The number of aryl methyl sites for hydroxylation is 2. The standard InChI is InChI=1S/C18H25N3OS.2ClH/c1-11-6-8-15(9-7-11)17-20-13(3)16(23-17)14(4)21(5)18(22)12(2)10-19;;/h6-9,12,14H,10,19H2,1-5H3;2*1H. The lowest BCUT2D eigenvalue weighted by Gasteiger charge is -2.26. The van der Waals surface area contributed by atoms with Crippen LogP contribution >= 0.6 is 36.2 Å². The third kappa shape index (κ3) is 5.42. The lowest BCUT2D eigenvalue weighted by atomic mass is 10.1. The molecule has 0 bridgehead atoms. The molecular weight excluding hydrogens is 377 g/mol. The Morgan fingerprint density at radius 3 is 2.28 bits per heavy atom. The summed E-state index contributed by atoms with van der Waals surface area (Å²) in [7, 11) is 1.84. The Hall–Kier alpha value is -1.14. The number of rotatable bonds is 5. The van der Waals surface area contributed by atoms with Gasteiger partial charge in [-0.1, -0.05) is 36.8 Å². The lowest BCUT2D eigenvalue weighted by Crippen LogP contribution is -2.36. The highest BCUT2D eigenvalue weighted by atomic mass is 35.5. The average molecular weight is 404 g/mol. The molecule has 2 N–H and O–H groups in total. The smallest absolute Gasteiger partial charge is 0.226 e. The van der Waals surface area contributed by atoms with Crippen LogP contribution in [-0.2, 0) is 4.79 Å². The van der Waals surface area contributed by atoms with Crippen LogP contribution in [0.5, 0.6) is 0 Å². The number of nitrogens with two attached hydrogens (primary N) is 1. The first kappa shape index (κ1) is 23.9. The zero-order valence-electron chi connectivity index (χ0n) is 15.3. The number of halogens is 2. The largest absolute Gasteiger partial charge is 0.338 e. The number of carbonyl (C=O) groups is 1. The first-order valence-corrected chi connectivity index (χ1v) is 8.68. The molecule has 0 saturated carbocycles. The molecule has 0 fully saturated rings. The van der Waals surface area contributed by atoms with Crippen molar-refractivity contribution in [3.63, 3.8) is 0 Å². The van der Waals surface area contributed by atoms with E-state index in [0.717, 1.165) is 21.1 Å². The first-order chi connectivity index (χ1) is 10.8. The molecule has 1 aromatic carbocycles. The summed E-state index contributed by atoms with van der Waals surface area (Å²) in [6.07, 6.45) is 0. The maximum absolute atomic E-state index is 12.3. The van der Waals surface area contributed by atoms with Crippen molar-refractivity contribution in [3.8, 4) is 10.6 Å². The molecule has 0 saturated heterocycles. The normalized spacial score (nSPS) is 12.6. The topological polar surface area (TPSA) is 59.2 Å². The number of thiazole rings is 1. The Balaban J connectivity index is 0.00000288. The number of nitrogens with zero attached hydrogens (tertiary/aromatic N) is 2. The van der Waals surface area contributed by atoms with Crippen molar-refractivity contribution in [2.45, 2.75) is 33.7 Å². The Kier molecular flexibility index (Phi) is 9.66. The number of carbonyl (C=O) groups excluding carboxylic acids is 1. The van der Waals surface area contributed by atoms with Crippen LogP contribution in [0.1, 0.15) is 36.0 Å². The van der Waals surface area contributed by atoms with Gasteiger partial charge in [0.05, 0.1) is 16.6 Å². The maximum Gasteiger partial charge on any atom is 0.226 e. The molecule has 2 rings (SSSR count). The van der Waals surface area contributed by atoms with Gasteiger partial charge in [0.25, 0.3) is 0 Å². The van der Waals surface area contributed by atoms with E-state index in [2.05, 4.69) is 31.2 Å². The van der Waals surface area contributed by atoms with Gasteiger partial charge in [0.15, 0.2) is 0 Å². The molecule has 0 aliphatic rings. The summed E-state index contributed by atoms with van der Waals surface area (Å²) in [5, 5.41) is 0.997. The fourth-order valence-electron chi connectivity index (χ4n) is 2.43. The molecule has 2 unspecified atom stereocenters. The van der Waals surface area contributed by atoms with Crippen molar-refractivity contribution < 1.29 is 4.79 Å². The van der Waals surface area contributed by atoms with Gasteiger partial charge < -0.3 is 10.6 Å². The van der Waals surface area contributed by atoms with Gasteiger partial charge in [0, 0.05) is 25.1 Å².